The van der Waals surface area contributed by atoms with Crippen LogP contribution in [0.15, 0.2) is 16.7 Å². The van der Waals surface area contributed by atoms with Crippen molar-refractivity contribution in [2.45, 2.75) is 34.2 Å². The topological polar surface area (TPSA) is 28.4 Å². The van der Waals surface area contributed by atoms with Crippen LogP contribution >= 0.6 is 0 Å². The fourth-order valence-electron chi connectivity index (χ4n) is 2.15. The van der Waals surface area contributed by atoms with E-state index in [-0.39, 0.29) is 0 Å². The lowest BCUT2D eigenvalue weighted by molar-refractivity contribution is 0.271. The van der Waals surface area contributed by atoms with E-state index in [2.05, 4.69) is 44.1 Å². The minimum atomic E-state index is 0.668. The van der Waals surface area contributed by atoms with E-state index in [9.17, 15) is 0 Å². The van der Waals surface area contributed by atoms with Gasteiger partial charge in [0.25, 0.3) is 0 Å². The Morgan fingerprint density at radius 3 is 2.56 bits per heavy atom. The van der Waals surface area contributed by atoms with E-state index >= 15 is 0 Å². The van der Waals surface area contributed by atoms with Gasteiger partial charge < -0.3 is 14.6 Å². The smallest absolute Gasteiger partial charge is 0.105 e. The summed E-state index contributed by atoms with van der Waals surface area (Å²) in [5.74, 6) is 2.43. The minimum absolute atomic E-state index is 0.668. The fourth-order valence-corrected chi connectivity index (χ4v) is 2.15. The van der Waals surface area contributed by atoms with Crippen molar-refractivity contribution in [2.24, 2.45) is 11.8 Å². The lowest BCUT2D eigenvalue weighted by atomic mass is 10.1. The zero-order valence-corrected chi connectivity index (χ0v) is 12.5. The van der Waals surface area contributed by atoms with Crippen LogP contribution in [0.1, 0.15) is 32.1 Å². The molecule has 1 atom stereocenters. The van der Waals surface area contributed by atoms with Crippen molar-refractivity contribution in [3.8, 4) is 0 Å². The van der Waals surface area contributed by atoms with E-state index in [1.807, 2.05) is 6.92 Å². The Labute approximate surface area is 112 Å². The van der Waals surface area contributed by atoms with E-state index < -0.39 is 0 Å². The predicted molar refractivity (Wildman–Crippen MR) is 76.7 cm³/mol. The minimum Gasteiger partial charge on any atom is -0.469 e. The van der Waals surface area contributed by atoms with Gasteiger partial charge in [-0.1, -0.05) is 20.8 Å². The molecule has 0 aliphatic heterocycles. The van der Waals surface area contributed by atoms with Gasteiger partial charge in [0, 0.05) is 18.7 Å². The van der Waals surface area contributed by atoms with Gasteiger partial charge in [0.2, 0.25) is 0 Å². The highest BCUT2D eigenvalue weighted by Crippen LogP contribution is 2.11. The van der Waals surface area contributed by atoms with Gasteiger partial charge in [-0.3, -0.25) is 0 Å². The molecule has 1 N–H and O–H groups in total. The summed E-state index contributed by atoms with van der Waals surface area (Å²) in [5.41, 5.74) is 1.29. The van der Waals surface area contributed by atoms with Crippen molar-refractivity contribution < 1.29 is 4.42 Å². The van der Waals surface area contributed by atoms with E-state index in [1.54, 1.807) is 6.26 Å². The Hall–Kier alpha value is -0.800. The average molecular weight is 252 g/mol. The number of nitrogens with zero attached hydrogens (tertiary/aromatic N) is 1. The summed E-state index contributed by atoms with van der Waals surface area (Å²) in [5, 5.41) is 3.52. The summed E-state index contributed by atoms with van der Waals surface area (Å²) in [7, 11) is 2.17. The number of hydrogen-bond donors (Lipinski definition) is 1. The molecule has 1 heterocycles. The maximum atomic E-state index is 5.32. The standard InChI is InChI=1S/C15H28N2O/c1-12(2)8-16-9-13(3)10-17(5)11-15-6-7-18-14(15)4/h6-7,12-13,16H,8-11H2,1-5H3. The first-order chi connectivity index (χ1) is 8.49. The molecule has 1 rings (SSSR count). The van der Waals surface area contributed by atoms with Crippen LogP contribution in [-0.4, -0.2) is 31.6 Å². The number of nitrogens with one attached hydrogen (secondary N) is 1. The zero-order valence-electron chi connectivity index (χ0n) is 12.5. The van der Waals surface area contributed by atoms with Crippen LogP contribution in [-0.2, 0) is 6.54 Å². The average Bonchev–Trinajstić information content (AvgIpc) is 2.63. The fraction of sp³-hybridized carbons (Fsp3) is 0.733. The molecule has 0 saturated heterocycles. The third kappa shape index (κ3) is 5.69. The maximum absolute atomic E-state index is 5.32. The summed E-state index contributed by atoms with van der Waals surface area (Å²) in [6.07, 6.45) is 1.77. The summed E-state index contributed by atoms with van der Waals surface area (Å²) >= 11 is 0. The van der Waals surface area contributed by atoms with Gasteiger partial charge in [0.15, 0.2) is 0 Å². The Balaban J connectivity index is 2.23. The van der Waals surface area contributed by atoms with Gasteiger partial charge in [0.05, 0.1) is 6.26 Å². The molecule has 0 bridgehead atoms. The van der Waals surface area contributed by atoms with Crippen LogP contribution in [0.5, 0.6) is 0 Å². The molecule has 104 valence electrons. The molecule has 3 nitrogen and oxygen atoms in total. The molecule has 0 amide bonds. The van der Waals surface area contributed by atoms with E-state index in [0.29, 0.717) is 5.92 Å². The Morgan fingerprint density at radius 1 is 1.28 bits per heavy atom. The van der Waals surface area contributed by atoms with Crippen molar-refractivity contribution in [1.29, 1.82) is 0 Å². The van der Waals surface area contributed by atoms with Gasteiger partial charge in [-0.15, -0.1) is 0 Å². The monoisotopic (exact) mass is 252 g/mol. The number of aryl methyl sites for hydroxylation is 1. The number of hydrogen-bond acceptors (Lipinski definition) is 3. The molecule has 1 aromatic heterocycles. The van der Waals surface area contributed by atoms with Gasteiger partial charge in [-0.25, -0.2) is 0 Å². The zero-order chi connectivity index (χ0) is 13.5. The highest BCUT2D eigenvalue weighted by molar-refractivity contribution is 5.14. The molecule has 0 aliphatic rings. The first-order valence-corrected chi connectivity index (χ1v) is 6.91. The van der Waals surface area contributed by atoms with Crippen molar-refractivity contribution in [3.63, 3.8) is 0 Å². The Kier molecular flexibility index (Phi) is 6.44. The summed E-state index contributed by atoms with van der Waals surface area (Å²) in [6, 6.07) is 2.06. The number of rotatable bonds is 8. The normalized spacial score (nSPS) is 13.5. The van der Waals surface area contributed by atoms with Crippen LogP contribution in [0, 0.1) is 18.8 Å². The molecule has 0 saturated carbocycles. The molecule has 0 aliphatic carbocycles. The molecular weight excluding hydrogens is 224 g/mol. The molecule has 1 aromatic rings. The second-order valence-electron chi connectivity index (χ2n) is 5.86. The molecule has 0 fully saturated rings. The Morgan fingerprint density at radius 2 is 2.00 bits per heavy atom. The molecule has 0 spiro atoms. The van der Waals surface area contributed by atoms with Gasteiger partial charge in [-0.2, -0.15) is 0 Å². The van der Waals surface area contributed by atoms with Crippen LogP contribution in [0.4, 0.5) is 0 Å². The van der Waals surface area contributed by atoms with Crippen LogP contribution in [0.2, 0.25) is 0 Å². The van der Waals surface area contributed by atoms with E-state index in [1.165, 1.54) is 5.56 Å². The first-order valence-electron chi connectivity index (χ1n) is 6.91. The first kappa shape index (κ1) is 15.3. The lowest BCUT2D eigenvalue weighted by Crippen LogP contribution is -2.32. The van der Waals surface area contributed by atoms with Crippen LogP contribution < -0.4 is 5.32 Å². The SMILES string of the molecule is Cc1occc1CN(C)CC(C)CNCC(C)C. The summed E-state index contributed by atoms with van der Waals surface area (Å²) < 4.78 is 5.32. The van der Waals surface area contributed by atoms with E-state index in [0.717, 1.165) is 37.9 Å². The van der Waals surface area contributed by atoms with Crippen LogP contribution in [0.3, 0.4) is 0 Å². The second kappa shape index (κ2) is 7.59. The number of furan rings is 1. The predicted octanol–water partition coefficient (Wildman–Crippen LogP) is 2.90. The van der Waals surface area contributed by atoms with Crippen molar-refractivity contribution >= 4 is 0 Å². The largest absolute Gasteiger partial charge is 0.469 e. The molecule has 0 aromatic carbocycles. The van der Waals surface area contributed by atoms with Crippen molar-refractivity contribution in [2.75, 3.05) is 26.7 Å². The maximum Gasteiger partial charge on any atom is 0.105 e. The van der Waals surface area contributed by atoms with E-state index in [4.69, 9.17) is 4.42 Å². The summed E-state index contributed by atoms with van der Waals surface area (Å²) in [6.45, 7) is 13.1. The lowest BCUT2D eigenvalue weighted by Gasteiger charge is -2.21. The highest BCUT2D eigenvalue weighted by atomic mass is 16.3. The third-order valence-corrected chi connectivity index (χ3v) is 3.08. The van der Waals surface area contributed by atoms with Gasteiger partial charge in [0.1, 0.15) is 5.76 Å². The summed E-state index contributed by atoms with van der Waals surface area (Å²) in [4.78, 5) is 2.36. The second-order valence-corrected chi connectivity index (χ2v) is 5.86. The van der Waals surface area contributed by atoms with Crippen molar-refractivity contribution in [1.82, 2.24) is 10.2 Å². The van der Waals surface area contributed by atoms with Crippen LogP contribution in [0.25, 0.3) is 0 Å². The van der Waals surface area contributed by atoms with Gasteiger partial charge >= 0.3 is 0 Å². The highest BCUT2D eigenvalue weighted by Gasteiger charge is 2.09. The molecule has 0 radical (unpaired) electrons. The van der Waals surface area contributed by atoms with Gasteiger partial charge in [-0.05, 0) is 45.0 Å². The molecular formula is C15H28N2O. The van der Waals surface area contributed by atoms with Crippen molar-refractivity contribution in [3.05, 3.63) is 23.7 Å². The third-order valence-electron chi connectivity index (χ3n) is 3.08. The molecule has 3 heteroatoms. The quantitative estimate of drug-likeness (QED) is 0.771. The molecule has 18 heavy (non-hydrogen) atoms. The molecule has 1 unspecified atom stereocenters. The Bertz CT molecular complexity index is 333.